The summed E-state index contributed by atoms with van der Waals surface area (Å²) in [5.41, 5.74) is 0. The zero-order chi connectivity index (χ0) is 13.8. The van der Waals surface area contributed by atoms with Crippen molar-refractivity contribution in [1.82, 2.24) is 4.98 Å². The number of thiophene rings is 1. The summed E-state index contributed by atoms with van der Waals surface area (Å²) in [7, 11) is 0. The maximum absolute atomic E-state index is 13.6. The highest BCUT2D eigenvalue weighted by molar-refractivity contribution is 9.10. The molecule has 2 rings (SSSR count). The van der Waals surface area contributed by atoms with Gasteiger partial charge in [-0.1, -0.05) is 0 Å². The lowest BCUT2D eigenvalue weighted by Crippen LogP contribution is -2.08. The van der Waals surface area contributed by atoms with Gasteiger partial charge in [0.1, 0.15) is 0 Å². The highest BCUT2D eigenvalue weighted by atomic mass is 79.9. The third-order valence-corrected chi connectivity index (χ3v) is 4.02. The molecular weight excluding hydrogens is 336 g/mol. The molecule has 0 aliphatic rings. The van der Waals surface area contributed by atoms with Crippen molar-refractivity contribution in [3.05, 3.63) is 38.5 Å². The van der Waals surface area contributed by atoms with Gasteiger partial charge < -0.3 is 10.6 Å². The Morgan fingerprint density at radius 1 is 1.21 bits per heavy atom. The Morgan fingerprint density at radius 3 is 2.47 bits per heavy atom. The van der Waals surface area contributed by atoms with Crippen LogP contribution in [0, 0.1) is 11.6 Å². The molecule has 2 N–H and O–H groups in total. The molecule has 0 atom stereocenters. The van der Waals surface area contributed by atoms with Crippen LogP contribution in [-0.2, 0) is 6.54 Å². The van der Waals surface area contributed by atoms with E-state index < -0.39 is 11.6 Å². The van der Waals surface area contributed by atoms with E-state index in [4.69, 9.17) is 0 Å². The molecule has 7 heteroatoms. The van der Waals surface area contributed by atoms with Gasteiger partial charge in [-0.15, -0.1) is 11.3 Å². The topological polar surface area (TPSA) is 37.0 Å². The van der Waals surface area contributed by atoms with Crippen LogP contribution in [0.15, 0.2) is 22.0 Å². The van der Waals surface area contributed by atoms with Crippen molar-refractivity contribution in [3.63, 3.8) is 0 Å². The van der Waals surface area contributed by atoms with Crippen LogP contribution in [0.3, 0.4) is 0 Å². The molecule has 0 saturated carbocycles. The van der Waals surface area contributed by atoms with Gasteiger partial charge in [0.15, 0.2) is 23.3 Å². The molecule has 2 heterocycles. The van der Waals surface area contributed by atoms with Crippen molar-refractivity contribution in [1.29, 1.82) is 0 Å². The smallest absolute Gasteiger partial charge is 0.168 e. The molecule has 19 heavy (non-hydrogen) atoms. The first-order chi connectivity index (χ1) is 9.10. The molecule has 0 aliphatic heterocycles. The molecule has 3 nitrogen and oxygen atoms in total. The maximum atomic E-state index is 13.6. The second kappa shape index (κ2) is 6.29. The Labute approximate surface area is 122 Å². The summed E-state index contributed by atoms with van der Waals surface area (Å²) < 4.78 is 27.9. The van der Waals surface area contributed by atoms with Crippen LogP contribution in [0.1, 0.15) is 11.8 Å². The molecule has 2 aromatic heterocycles. The average molecular weight is 348 g/mol. The third-order valence-electron chi connectivity index (χ3n) is 2.33. The first-order valence-electron chi connectivity index (χ1n) is 5.67. The molecule has 0 bridgehead atoms. The fraction of sp³-hybridized carbons (Fsp3) is 0.250. The molecule has 0 fully saturated rings. The number of halogens is 3. The number of nitrogens with one attached hydrogen (secondary N) is 2. The summed E-state index contributed by atoms with van der Waals surface area (Å²) in [6, 6.07) is 2.77. The zero-order valence-corrected chi connectivity index (χ0v) is 12.5. The maximum Gasteiger partial charge on any atom is 0.168 e. The van der Waals surface area contributed by atoms with Crippen LogP contribution in [0.25, 0.3) is 0 Å². The third kappa shape index (κ3) is 3.63. The number of anilines is 2. The van der Waals surface area contributed by atoms with Gasteiger partial charge in [0.2, 0.25) is 0 Å². The average Bonchev–Trinajstić information content (AvgIpc) is 2.77. The fourth-order valence-corrected chi connectivity index (χ4v) is 2.89. The predicted molar refractivity (Wildman–Crippen MR) is 77.7 cm³/mol. The SMILES string of the molecule is CCNc1nc(NCc2cc(Br)cs2)c(F)cc1F. The molecule has 0 amide bonds. The molecule has 0 radical (unpaired) electrons. The number of nitrogens with zero attached hydrogens (tertiary/aromatic N) is 1. The second-order valence-corrected chi connectivity index (χ2v) is 5.68. The second-order valence-electron chi connectivity index (χ2n) is 3.76. The minimum absolute atomic E-state index is 0.0434. The normalized spacial score (nSPS) is 10.5. The van der Waals surface area contributed by atoms with Gasteiger partial charge in [0.25, 0.3) is 0 Å². The van der Waals surface area contributed by atoms with E-state index in [0.29, 0.717) is 13.1 Å². The van der Waals surface area contributed by atoms with E-state index in [1.165, 1.54) is 0 Å². The Bertz CT molecular complexity index is 574. The number of pyridine rings is 1. The molecule has 0 spiro atoms. The van der Waals surface area contributed by atoms with E-state index in [1.807, 2.05) is 18.4 Å². The molecule has 102 valence electrons. The van der Waals surface area contributed by atoms with Crippen LogP contribution in [0.2, 0.25) is 0 Å². The largest absolute Gasteiger partial charge is 0.368 e. The van der Waals surface area contributed by atoms with Gasteiger partial charge in [0, 0.05) is 27.3 Å². The fourth-order valence-electron chi connectivity index (χ4n) is 1.50. The van der Waals surface area contributed by atoms with Crippen molar-refractivity contribution >= 4 is 38.9 Å². The van der Waals surface area contributed by atoms with E-state index >= 15 is 0 Å². The summed E-state index contributed by atoms with van der Waals surface area (Å²) in [6.45, 7) is 2.78. The number of hydrogen-bond donors (Lipinski definition) is 2. The van der Waals surface area contributed by atoms with Gasteiger partial charge in [-0.3, -0.25) is 0 Å². The summed E-state index contributed by atoms with van der Waals surface area (Å²) in [4.78, 5) is 4.93. The standard InChI is InChI=1S/C12H12BrF2N3S/c1-2-16-11-9(14)4-10(15)12(18-11)17-5-8-3-7(13)6-19-8/h3-4,6H,2,5H2,1H3,(H2,16,17,18). The molecule has 0 aliphatic carbocycles. The van der Waals surface area contributed by atoms with Crippen LogP contribution < -0.4 is 10.6 Å². The first-order valence-corrected chi connectivity index (χ1v) is 7.34. The van der Waals surface area contributed by atoms with Crippen LogP contribution in [-0.4, -0.2) is 11.5 Å². The molecular formula is C12H12BrF2N3S. The lowest BCUT2D eigenvalue weighted by atomic mass is 10.3. The Kier molecular flexibility index (Phi) is 4.71. The predicted octanol–water partition coefficient (Wildman–Crippen LogP) is 4.23. The molecule has 2 aromatic rings. The van der Waals surface area contributed by atoms with Gasteiger partial charge in [-0.05, 0) is 28.9 Å². The molecule has 0 saturated heterocycles. The zero-order valence-electron chi connectivity index (χ0n) is 10.1. The van der Waals surface area contributed by atoms with E-state index in [1.54, 1.807) is 11.3 Å². The van der Waals surface area contributed by atoms with E-state index in [9.17, 15) is 8.78 Å². The highest BCUT2D eigenvalue weighted by Gasteiger charge is 2.11. The van der Waals surface area contributed by atoms with Crippen molar-refractivity contribution < 1.29 is 8.78 Å². The van der Waals surface area contributed by atoms with Crippen LogP contribution >= 0.6 is 27.3 Å². The van der Waals surface area contributed by atoms with E-state index in [0.717, 1.165) is 15.4 Å². The van der Waals surface area contributed by atoms with Crippen molar-refractivity contribution in [2.24, 2.45) is 0 Å². The van der Waals surface area contributed by atoms with Gasteiger partial charge >= 0.3 is 0 Å². The quantitative estimate of drug-likeness (QED) is 0.849. The Balaban J connectivity index is 2.13. The van der Waals surface area contributed by atoms with Gasteiger partial charge in [0.05, 0.1) is 6.54 Å². The van der Waals surface area contributed by atoms with Crippen LogP contribution in [0.5, 0.6) is 0 Å². The lowest BCUT2D eigenvalue weighted by Gasteiger charge is -2.09. The van der Waals surface area contributed by atoms with Gasteiger partial charge in [-0.2, -0.15) is 0 Å². The van der Waals surface area contributed by atoms with Gasteiger partial charge in [-0.25, -0.2) is 13.8 Å². The number of aromatic nitrogens is 1. The summed E-state index contributed by atoms with van der Waals surface area (Å²) in [5, 5.41) is 7.55. The lowest BCUT2D eigenvalue weighted by molar-refractivity contribution is 0.578. The van der Waals surface area contributed by atoms with E-state index in [2.05, 4.69) is 31.5 Å². The minimum atomic E-state index is -0.699. The number of rotatable bonds is 5. The van der Waals surface area contributed by atoms with Crippen molar-refractivity contribution in [2.45, 2.75) is 13.5 Å². The van der Waals surface area contributed by atoms with E-state index in [-0.39, 0.29) is 11.6 Å². The van der Waals surface area contributed by atoms with Crippen molar-refractivity contribution in [3.8, 4) is 0 Å². The molecule has 0 aromatic carbocycles. The summed E-state index contributed by atoms with van der Waals surface area (Å²) in [5.74, 6) is -1.29. The number of hydrogen-bond acceptors (Lipinski definition) is 4. The molecule has 0 unspecified atom stereocenters. The Hall–Kier alpha value is -1.21. The van der Waals surface area contributed by atoms with Crippen molar-refractivity contribution in [2.75, 3.05) is 17.2 Å². The minimum Gasteiger partial charge on any atom is -0.368 e. The highest BCUT2D eigenvalue weighted by Crippen LogP contribution is 2.23. The van der Waals surface area contributed by atoms with Crippen LogP contribution in [0.4, 0.5) is 20.4 Å². The Morgan fingerprint density at radius 2 is 1.89 bits per heavy atom. The monoisotopic (exact) mass is 347 g/mol. The first kappa shape index (κ1) is 14.2. The summed E-state index contributed by atoms with van der Waals surface area (Å²) >= 11 is 4.89. The summed E-state index contributed by atoms with van der Waals surface area (Å²) in [6.07, 6.45) is 0.